The number of nitrogens with zero attached hydrogens (tertiary/aromatic N) is 1. The molecule has 1 aliphatic carbocycles. The molecular weight excluding hydrogens is 350 g/mol. The van der Waals surface area contributed by atoms with E-state index in [1.54, 1.807) is 0 Å². The fraction of sp³-hybridized carbons (Fsp3) is 0.609. The monoisotopic (exact) mass is 387 g/mol. The topological polar surface area (TPSA) is 53.2 Å². The van der Waals surface area contributed by atoms with E-state index < -0.39 is 13.9 Å². The number of aliphatic hydroxyl groups is 1. The summed E-state index contributed by atoms with van der Waals surface area (Å²) in [5.74, 6) is 0.668. The van der Waals surface area contributed by atoms with E-state index in [0.29, 0.717) is 18.6 Å². The lowest BCUT2D eigenvalue weighted by atomic mass is 9.81. The largest absolute Gasteiger partial charge is 0.513 e. The van der Waals surface area contributed by atoms with E-state index in [1.165, 1.54) is 5.57 Å². The Labute approximate surface area is 167 Å². The van der Waals surface area contributed by atoms with Crippen LogP contribution in [0.2, 0.25) is 19.6 Å². The average molecular weight is 388 g/mol. The lowest BCUT2D eigenvalue weighted by Crippen LogP contribution is -2.44. The first kappa shape index (κ1) is 23.5. The number of hydrogen-bond donors (Lipinski definition) is 1. The van der Waals surface area contributed by atoms with Crippen LogP contribution in [0.1, 0.15) is 59.8 Å². The Morgan fingerprint density at radius 3 is 2.26 bits per heavy atom. The summed E-state index contributed by atoms with van der Waals surface area (Å²) in [5.41, 5.74) is 2.49. The molecule has 0 saturated heterocycles. The van der Waals surface area contributed by atoms with Gasteiger partial charge in [0.2, 0.25) is 0 Å². The van der Waals surface area contributed by atoms with Crippen LogP contribution in [0.3, 0.4) is 0 Å². The summed E-state index contributed by atoms with van der Waals surface area (Å²) in [6.07, 6.45) is 12.0. The van der Waals surface area contributed by atoms with E-state index in [4.69, 9.17) is 4.43 Å². The van der Waals surface area contributed by atoms with Crippen molar-refractivity contribution in [3.63, 3.8) is 0 Å². The van der Waals surface area contributed by atoms with Crippen LogP contribution in [0.4, 0.5) is 0 Å². The van der Waals surface area contributed by atoms with Gasteiger partial charge in [-0.3, -0.25) is 0 Å². The van der Waals surface area contributed by atoms with Gasteiger partial charge >= 0.3 is 0 Å². The van der Waals surface area contributed by atoms with Crippen molar-refractivity contribution in [2.45, 2.75) is 85.0 Å². The van der Waals surface area contributed by atoms with Gasteiger partial charge in [0.15, 0.2) is 13.9 Å². The third-order valence-corrected chi connectivity index (χ3v) is 5.60. The Morgan fingerprint density at radius 1 is 1.07 bits per heavy atom. The lowest BCUT2D eigenvalue weighted by Gasteiger charge is -2.37. The van der Waals surface area contributed by atoms with E-state index >= 15 is 0 Å². The minimum atomic E-state index is -1.95. The highest BCUT2D eigenvalue weighted by Crippen LogP contribution is 2.36. The number of aliphatic hydroxyl groups excluding tert-OH is 1. The summed E-state index contributed by atoms with van der Waals surface area (Å²) in [5, 5.41) is 20.3. The Balaban J connectivity index is 3.51. The number of allylic oxidation sites excluding steroid dienone is 6. The maximum Gasteiger partial charge on any atom is 0.186 e. The van der Waals surface area contributed by atoms with E-state index in [2.05, 4.69) is 71.6 Å². The predicted octanol–water partition coefficient (Wildman–Crippen LogP) is 6.98. The van der Waals surface area contributed by atoms with Gasteiger partial charge in [-0.15, -0.1) is 0 Å². The lowest BCUT2D eigenvalue weighted by molar-refractivity contribution is 0.147. The molecule has 1 unspecified atom stereocenters. The second-order valence-electron chi connectivity index (χ2n) is 8.94. The number of hydrogen-bond acceptors (Lipinski definition) is 3. The van der Waals surface area contributed by atoms with Crippen LogP contribution in [0.5, 0.6) is 0 Å². The zero-order valence-electron chi connectivity index (χ0n) is 18.2. The molecule has 0 aromatic heterocycles. The molecule has 4 heteroatoms. The third kappa shape index (κ3) is 7.90. The molecular formula is C23H37NO2Si. The summed E-state index contributed by atoms with van der Waals surface area (Å²) >= 11 is 0. The van der Waals surface area contributed by atoms with Gasteiger partial charge < -0.3 is 9.53 Å². The van der Waals surface area contributed by atoms with Gasteiger partial charge in [0.05, 0.1) is 5.76 Å². The van der Waals surface area contributed by atoms with Gasteiger partial charge in [-0.2, -0.15) is 5.26 Å². The van der Waals surface area contributed by atoms with E-state index in [-0.39, 0.29) is 5.92 Å². The predicted molar refractivity (Wildman–Crippen MR) is 117 cm³/mol. The minimum absolute atomic E-state index is 0.217. The van der Waals surface area contributed by atoms with Crippen LogP contribution in [-0.4, -0.2) is 19.0 Å². The summed E-state index contributed by atoms with van der Waals surface area (Å²) in [7, 11) is -1.95. The maximum absolute atomic E-state index is 10.3. The van der Waals surface area contributed by atoms with Crippen molar-refractivity contribution in [1.29, 1.82) is 5.26 Å². The van der Waals surface area contributed by atoms with Crippen LogP contribution in [-0.2, 0) is 4.43 Å². The van der Waals surface area contributed by atoms with Gasteiger partial charge in [0.1, 0.15) is 6.07 Å². The zero-order valence-corrected chi connectivity index (χ0v) is 19.2. The number of nitriles is 1. The minimum Gasteiger partial charge on any atom is -0.513 e. The Kier molecular flexibility index (Phi) is 8.78. The van der Waals surface area contributed by atoms with Crippen LogP contribution < -0.4 is 0 Å². The average Bonchev–Trinajstić information content (AvgIpc) is 2.52. The first-order valence-corrected chi connectivity index (χ1v) is 13.4. The molecule has 0 aromatic carbocycles. The smallest absolute Gasteiger partial charge is 0.186 e. The van der Waals surface area contributed by atoms with Gasteiger partial charge in [-0.1, -0.05) is 43.2 Å². The molecule has 1 N–H and O–H groups in total. The first-order valence-electron chi connectivity index (χ1n) is 10.0. The second kappa shape index (κ2) is 10.1. The van der Waals surface area contributed by atoms with E-state index in [1.807, 2.05) is 6.08 Å². The zero-order chi connectivity index (χ0) is 20.7. The Hall–Kier alpha value is -1.57. The van der Waals surface area contributed by atoms with Crippen molar-refractivity contribution in [2.24, 2.45) is 5.92 Å². The standard InChI is InChI=1S/C23H37NO2Si/c1-18(2)22-15-14-19(3)10-8-12-21(25)13-9-11-20(4)16-23(22,17-24)26-27(5,6)7/h11-12,14-15,18,25H,8-10,13,16H2,1-7H3/b19-14+,20-11+,21-12-,22-15-. The quantitative estimate of drug-likeness (QED) is 0.420. The number of rotatable bonds is 3. The molecule has 0 aliphatic heterocycles. The van der Waals surface area contributed by atoms with Crippen LogP contribution in [0, 0.1) is 17.2 Å². The van der Waals surface area contributed by atoms with Gasteiger partial charge in [-0.25, -0.2) is 0 Å². The molecule has 0 heterocycles. The molecule has 0 saturated carbocycles. The third-order valence-electron chi connectivity index (χ3n) is 4.64. The summed E-state index contributed by atoms with van der Waals surface area (Å²) in [6.45, 7) is 14.8. The fourth-order valence-corrected chi connectivity index (χ4v) is 4.74. The van der Waals surface area contributed by atoms with Crippen molar-refractivity contribution < 1.29 is 9.53 Å². The van der Waals surface area contributed by atoms with Crippen molar-refractivity contribution in [3.05, 3.63) is 46.8 Å². The molecule has 1 rings (SSSR count). The molecule has 0 bridgehead atoms. The van der Waals surface area contributed by atoms with Gasteiger partial charge in [0.25, 0.3) is 0 Å². The highest BCUT2D eigenvalue weighted by atomic mass is 28.4. The fourth-order valence-electron chi connectivity index (χ4n) is 3.46. The van der Waals surface area contributed by atoms with Crippen LogP contribution >= 0.6 is 0 Å². The molecule has 1 atom stereocenters. The normalized spacial score (nSPS) is 31.2. The molecule has 0 radical (unpaired) electrons. The molecule has 150 valence electrons. The second-order valence-corrected chi connectivity index (χ2v) is 13.4. The van der Waals surface area contributed by atoms with Crippen molar-refractivity contribution in [1.82, 2.24) is 0 Å². The van der Waals surface area contributed by atoms with Crippen molar-refractivity contribution in [2.75, 3.05) is 0 Å². The highest BCUT2D eigenvalue weighted by molar-refractivity contribution is 6.69. The van der Waals surface area contributed by atoms with Crippen molar-refractivity contribution >= 4 is 8.32 Å². The molecule has 1 aliphatic rings. The van der Waals surface area contributed by atoms with Crippen LogP contribution in [0.15, 0.2) is 46.8 Å². The molecule has 3 nitrogen and oxygen atoms in total. The molecule has 0 spiro atoms. The SMILES string of the molecule is C/C1=C\C=C(\C(C)C)C(C#N)(O[Si](C)(C)C)C/C(C)=C/CC/C(O)=C/CC1. The summed E-state index contributed by atoms with van der Waals surface area (Å²) in [6, 6.07) is 2.55. The summed E-state index contributed by atoms with van der Waals surface area (Å²) in [4.78, 5) is 0. The molecule has 0 aromatic rings. The highest BCUT2D eigenvalue weighted by Gasteiger charge is 2.40. The van der Waals surface area contributed by atoms with E-state index in [9.17, 15) is 10.4 Å². The Morgan fingerprint density at radius 2 is 1.70 bits per heavy atom. The molecule has 0 amide bonds. The van der Waals surface area contributed by atoms with Gasteiger partial charge in [0, 0.05) is 12.8 Å². The molecule has 0 fully saturated rings. The van der Waals surface area contributed by atoms with Crippen LogP contribution in [0.25, 0.3) is 0 Å². The van der Waals surface area contributed by atoms with E-state index in [0.717, 1.165) is 30.4 Å². The van der Waals surface area contributed by atoms with Gasteiger partial charge in [-0.05, 0) is 70.3 Å². The summed E-state index contributed by atoms with van der Waals surface area (Å²) < 4.78 is 6.55. The molecule has 27 heavy (non-hydrogen) atoms. The van der Waals surface area contributed by atoms with Crippen molar-refractivity contribution in [3.8, 4) is 6.07 Å². The maximum atomic E-state index is 10.3. The Bertz CT molecular complexity index is 671. The first-order chi connectivity index (χ1) is 12.5.